The van der Waals surface area contributed by atoms with E-state index in [1.165, 1.54) is 17.3 Å². The number of nitrogens with one attached hydrogen (secondary N) is 1. The summed E-state index contributed by atoms with van der Waals surface area (Å²) in [6.45, 7) is 2.07. The van der Waals surface area contributed by atoms with Gasteiger partial charge in [0.05, 0.1) is 11.0 Å². The summed E-state index contributed by atoms with van der Waals surface area (Å²) in [5.41, 5.74) is 4.02. The number of rotatable bonds is 2. The van der Waals surface area contributed by atoms with Crippen molar-refractivity contribution in [1.29, 1.82) is 0 Å². The van der Waals surface area contributed by atoms with Crippen LogP contribution in [-0.4, -0.2) is 24.3 Å². The third-order valence-corrected chi connectivity index (χ3v) is 4.36. The van der Waals surface area contributed by atoms with Gasteiger partial charge in [-0.1, -0.05) is 6.07 Å². The summed E-state index contributed by atoms with van der Waals surface area (Å²) < 4.78 is 2.70. The molecule has 0 aliphatic carbocycles. The molecule has 0 radical (unpaired) electrons. The number of halogens is 1. The quantitative estimate of drug-likeness (QED) is 0.590. The van der Waals surface area contributed by atoms with Crippen molar-refractivity contribution < 1.29 is 0 Å². The molecule has 0 spiro atoms. The van der Waals surface area contributed by atoms with Crippen LogP contribution in [-0.2, 0) is 0 Å². The Labute approximate surface area is 133 Å². The Bertz CT molecular complexity index is 958. The lowest BCUT2D eigenvalue weighted by atomic mass is 10.2. The second kappa shape index (κ2) is 4.85. The van der Waals surface area contributed by atoms with Crippen LogP contribution in [0.2, 0.25) is 0 Å². The summed E-state index contributed by atoms with van der Waals surface area (Å²) in [6.07, 6.45) is 5.54. The van der Waals surface area contributed by atoms with E-state index in [4.69, 9.17) is 0 Å². The van der Waals surface area contributed by atoms with Crippen molar-refractivity contribution in [3.8, 4) is 0 Å². The average Bonchev–Trinajstić information content (AvgIpc) is 3.03. The van der Waals surface area contributed by atoms with Gasteiger partial charge in [0, 0.05) is 18.6 Å². The SMILES string of the molecule is Cc1ccc2nc(Sc3nc(Br)cn4ccnc34)[nH]c2c1. The molecule has 3 aromatic heterocycles. The second-order valence-electron chi connectivity index (χ2n) is 4.69. The minimum absolute atomic E-state index is 0.766. The van der Waals surface area contributed by atoms with Gasteiger partial charge < -0.3 is 9.38 Å². The molecule has 0 unspecified atom stereocenters. The molecular weight excluding hydrogens is 350 g/mol. The molecule has 0 bridgehead atoms. The summed E-state index contributed by atoms with van der Waals surface area (Å²) in [4.78, 5) is 16.7. The highest BCUT2D eigenvalue weighted by molar-refractivity contribution is 9.10. The molecule has 0 atom stereocenters. The molecule has 4 rings (SSSR count). The molecule has 104 valence electrons. The molecular formula is C14H10BrN5S. The van der Waals surface area contributed by atoms with E-state index >= 15 is 0 Å². The number of fused-ring (bicyclic) bond motifs is 2. The third kappa shape index (κ3) is 2.32. The van der Waals surface area contributed by atoms with Crippen molar-refractivity contribution in [3.63, 3.8) is 0 Å². The first-order valence-electron chi connectivity index (χ1n) is 6.32. The predicted octanol–water partition coefficient (Wildman–Crippen LogP) is 3.83. The van der Waals surface area contributed by atoms with Gasteiger partial charge in [0.2, 0.25) is 0 Å². The fourth-order valence-corrected chi connectivity index (χ4v) is 3.58. The number of aromatic nitrogens is 5. The van der Waals surface area contributed by atoms with Gasteiger partial charge in [0.15, 0.2) is 10.8 Å². The molecule has 1 aromatic carbocycles. The monoisotopic (exact) mass is 359 g/mol. The number of benzene rings is 1. The smallest absolute Gasteiger partial charge is 0.172 e. The topological polar surface area (TPSA) is 58.9 Å². The summed E-state index contributed by atoms with van der Waals surface area (Å²) in [7, 11) is 0. The fraction of sp³-hybridized carbons (Fsp3) is 0.0714. The molecule has 5 nitrogen and oxygen atoms in total. The molecule has 0 amide bonds. The van der Waals surface area contributed by atoms with Crippen LogP contribution in [0.3, 0.4) is 0 Å². The number of aromatic amines is 1. The van der Waals surface area contributed by atoms with Crippen LogP contribution in [0.25, 0.3) is 16.7 Å². The second-order valence-corrected chi connectivity index (χ2v) is 6.48. The van der Waals surface area contributed by atoms with E-state index in [2.05, 4.69) is 54.9 Å². The van der Waals surface area contributed by atoms with Crippen LogP contribution in [0, 0.1) is 6.92 Å². The zero-order valence-electron chi connectivity index (χ0n) is 11.0. The van der Waals surface area contributed by atoms with Crippen LogP contribution in [0.15, 0.2) is 51.6 Å². The lowest BCUT2D eigenvalue weighted by molar-refractivity contribution is 0.995. The Balaban J connectivity index is 1.80. The van der Waals surface area contributed by atoms with Gasteiger partial charge in [-0.3, -0.25) is 0 Å². The molecule has 21 heavy (non-hydrogen) atoms. The number of nitrogens with zero attached hydrogens (tertiary/aromatic N) is 4. The molecule has 7 heteroatoms. The third-order valence-electron chi connectivity index (χ3n) is 3.12. The van der Waals surface area contributed by atoms with Crippen molar-refractivity contribution in [1.82, 2.24) is 24.3 Å². The standard InChI is InChI=1S/C14H10BrN5S/c1-8-2-3-9-10(6-8)18-14(17-9)21-13-12-16-4-5-20(12)7-11(15)19-13/h2-7H,1H3,(H,17,18). The molecule has 4 aromatic rings. The Hall–Kier alpha value is -1.86. The Kier molecular flexibility index (Phi) is 2.97. The number of imidazole rings is 2. The van der Waals surface area contributed by atoms with Crippen molar-refractivity contribution >= 4 is 44.4 Å². The number of hydrogen-bond acceptors (Lipinski definition) is 4. The molecule has 1 N–H and O–H groups in total. The lowest BCUT2D eigenvalue weighted by Gasteiger charge is -2.01. The molecule has 3 heterocycles. The van der Waals surface area contributed by atoms with Crippen LogP contribution in [0.4, 0.5) is 0 Å². The van der Waals surface area contributed by atoms with Crippen molar-refractivity contribution in [2.24, 2.45) is 0 Å². The van der Waals surface area contributed by atoms with E-state index in [-0.39, 0.29) is 0 Å². The first kappa shape index (κ1) is 12.8. The zero-order valence-corrected chi connectivity index (χ0v) is 13.4. The number of H-pyrrole nitrogens is 1. The maximum atomic E-state index is 4.59. The van der Waals surface area contributed by atoms with E-state index in [9.17, 15) is 0 Å². The number of hydrogen-bond donors (Lipinski definition) is 1. The van der Waals surface area contributed by atoms with E-state index in [1.54, 1.807) is 6.20 Å². The minimum atomic E-state index is 0.766. The zero-order chi connectivity index (χ0) is 14.4. The molecule has 0 saturated heterocycles. The van der Waals surface area contributed by atoms with Crippen molar-refractivity contribution in [3.05, 3.63) is 47.0 Å². The Morgan fingerprint density at radius 2 is 2.19 bits per heavy atom. The maximum absolute atomic E-state index is 4.59. The predicted molar refractivity (Wildman–Crippen MR) is 85.6 cm³/mol. The van der Waals surface area contributed by atoms with Gasteiger partial charge >= 0.3 is 0 Å². The molecule has 0 aliphatic heterocycles. The largest absolute Gasteiger partial charge is 0.333 e. The van der Waals surface area contributed by atoms with Gasteiger partial charge in [-0.25, -0.2) is 15.0 Å². The van der Waals surface area contributed by atoms with Gasteiger partial charge in [-0.2, -0.15) is 0 Å². The summed E-state index contributed by atoms with van der Waals surface area (Å²) in [5, 5.41) is 1.62. The van der Waals surface area contributed by atoms with E-state index in [0.717, 1.165) is 31.5 Å². The minimum Gasteiger partial charge on any atom is -0.333 e. The van der Waals surface area contributed by atoms with Gasteiger partial charge in [-0.05, 0) is 52.3 Å². The van der Waals surface area contributed by atoms with Crippen molar-refractivity contribution in [2.75, 3.05) is 0 Å². The number of aryl methyl sites for hydroxylation is 1. The van der Waals surface area contributed by atoms with Crippen LogP contribution in [0.5, 0.6) is 0 Å². The van der Waals surface area contributed by atoms with Gasteiger partial charge in [0.1, 0.15) is 9.63 Å². The Morgan fingerprint density at radius 3 is 3.10 bits per heavy atom. The maximum Gasteiger partial charge on any atom is 0.172 e. The van der Waals surface area contributed by atoms with E-state index < -0.39 is 0 Å². The summed E-state index contributed by atoms with van der Waals surface area (Å²) in [6, 6.07) is 6.16. The molecule has 0 aliphatic rings. The normalized spacial score (nSPS) is 11.5. The van der Waals surface area contributed by atoms with Gasteiger partial charge in [-0.15, -0.1) is 0 Å². The van der Waals surface area contributed by atoms with Crippen molar-refractivity contribution in [2.45, 2.75) is 17.1 Å². The molecule has 0 saturated carbocycles. The first-order valence-corrected chi connectivity index (χ1v) is 7.93. The average molecular weight is 360 g/mol. The lowest BCUT2D eigenvalue weighted by Crippen LogP contribution is -1.91. The highest BCUT2D eigenvalue weighted by Crippen LogP contribution is 2.29. The highest BCUT2D eigenvalue weighted by atomic mass is 79.9. The summed E-state index contributed by atoms with van der Waals surface area (Å²) in [5.74, 6) is 0. The fourth-order valence-electron chi connectivity index (χ4n) is 2.18. The molecule has 0 fully saturated rings. The highest BCUT2D eigenvalue weighted by Gasteiger charge is 2.11. The van der Waals surface area contributed by atoms with Crippen LogP contribution in [0.1, 0.15) is 5.56 Å². The van der Waals surface area contributed by atoms with E-state index in [0.29, 0.717) is 0 Å². The van der Waals surface area contributed by atoms with Crippen LogP contribution < -0.4 is 0 Å². The van der Waals surface area contributed by atoms with E-state index in [1.807, 2.05) is 22.9 Å². The Morgan fingerprint density at radius 1 is 1.29 bits per heavy atom. The van der Waals surface area contributed by atoms with Crippen LogP contribution >= 0.6 is 27.7 Å². The van der Waals surface area contributed by atoms with Gasteiger partial charge in [0.25, 0.3) is 0 Å². The first-order chi connectivity index (χ1) is 10.2. The summed E-state index contributed by atoms with van der Waals surface area (Å²) >= 11 is 4.90.